The average molecular weight is 373 g/mol. The van der Waals surface area contributed by atoms with Gasteiger partial charge in [-0.1, -0.05) is 26.0 Å². The minimum atomic E-state index is -0.258. The summed E-state index contributed by atoms with van der Waals surface area (Å²) >= 11 is 0. The molecule has 27 heavy (non-hydrogen) atoms. The SMILES string of the molecule is CC(C)C[C@@H](O)C1CCN(C(=O)CCn2c(CO)nc3ccccc32)CC1. The summed E-state index contributed by atoms with van der Waals surface area (Å²) in [5, 5.41) is 19.9. The third-order valence-electron chi connectivity index (χ3n) is 5.57. The van der Waals surface area contributed by atoms with Crippen molar-refractivity contribution in [3.8, 4) is 0 Å². The van der Waals surface area contributed by atoms with E-state index in [0.29, 0.717) is 30.6 Å². The number of nitrogens with zero attached hydrogens (tertiary/aromatic N) is 3. The van der Waals surface area contributed by atoms with E-state index >= 15 is 0 Å². The molecule has 148 valence electrons. The monoisotopic (exact) mass is 373 g/mol. The molecule has 0 saturated carbocycles. The van der Waals surface area contributed by atoms with Gasteiger partial charge < -0.3 is 19.7 Å². The van der Waals surface area contributed by atoms with Gasteiger partial charge in [-0.05, 0) is 43.2 Å². The molecule has 1 aromatic carbocycles. The summed E-state index contributed by atoms with van der Waals surface area (Å²) in [4.78, 5) is 19.0. The number of hydrogen-bond donors (Lipinski definition) is 2. The molecule has 1 fully saturated rings. The molecule has 1 aromatic heterocycles. The highest BCUT2D eigenvalue weighted by atomic mass is 16.3. The Hall–Kier alpha value is -1.92. The van der Waals surface area contributed by atoms with Gasteiger partial charge in [0.2, 0.25) is 5.91 Å². The number of fused-ring (bicyclic) bond motifs is 1. The first-order valence-electron chi connectivity index (χ1n) is 10.0. The van der Waals surface area contributed by atoms with Crippen LogP contribution in [0.5, 0.6) is 0 Å². The Morgan fingerprint density at radius 2 is 1.96 bits per heavy atom. The number of benzene rings is 1. The second-order valence-electron chi connectivity index (χ2n) is 7.99. The normalized spacial score (nSPS) is 17.0. The Balaban J connectivity index is 1.55. The number of imidazole rings is 1. The van der Waals surface area contributed by atoms with Crippen LogP contribution in [0.1, 0.15) is 45.4 Å². The Morgan fingerprint density at radius 3 is 2.63 bits per heavy atom. The molecule has 0 radical (unpaired) electrons. The lowest BCUT2D eigenvalue weighted by Crippen LogP contribution is -2.41. The number of aromatic nitrogens is 2. The van der Waals surface area contributed by atoms with Crippen molar-refractivity contribution in [2.75, 3.05) is 13.1 Å². The van der Waals surface area contributed by atoms with E-state index in [9.17, 15) is 15.0 Å². The third-order valence-corrected chi connectivity index (χ3v) is 5.57. The van der Waals surface area contributed by atoms with Crippen LogP contribution in [0.15, 0.2) is 24.3 Å². The molecular weight excluding hydrogens is 342 g/mol. The van der Waals surface area contributed by atoms with Crippen molar-refractivity contribution < 1.29 is 15.0 Å². The van der Waals surface area contributed by atoms with Crippen molar-refractivity contribution in [3.05, 3.63) is 30.1 Å². The summed E-state index contributed by atoms with van der Waals surface area (Å²) in [5.74, 6) is 1.52. The van der Waals surface area contributed by atoms with Crippen molar-refractivity contribution in [3.63, 3.8) is 0 Å². The molecule has 3 rings (SSSR count). The molecule has 2 heterocycles. The second-order valence-corrected chi connectivity index (χ2v) is 7.99. The molecule has 0 unspecified atom stereocenters. The fourth-order valence-electron chi connectivity index (χ4n) is 4.07. The molecule has 0 bridgehead atoms. The zero-order chi connectivity index (χ0) is 19.4. The van der Waals surface area contributed by atoms with Gasteiger partial charge in [-0.25, -0.2) is 4.98 Å². The molecule has 6 nitrogen and oxygen atoms in total. The van der Waals surface area contributed by atoms with Crippen molar-refractivity contribution in [1.29, 1.82) is 0 Å². The van der Waals surface area contributed by atoms with Crippen LogP contribution in [0, 0.1) is 11.8 Å². The van der Waals surface area contributed by atoms with Gasteiger partial charge in [-0.15, -0.1) is 0 Å². The van der Waals surface area contributed by atoms with Crippen molar-refractivity contribution in [1.82, 2.24) is 14.5 Å². The molecule has 0 spiro atoms. The molecule has 0 aliphatic carbocycles. The number of carbonyl (C=O) groups is 1. The van der Waals surface area contributed by atoms with Crippen molar-refractivity contribution in [2.24, 2.45) is 11.8 Å². The molecule has 1 aliphatic heterocycles. The largest absolute Gasteiger partial charge is 0.393 e. The quantitative estimate of drug-likeness (QED) is 0.782. The van der Waals surface area contributed by atoms with E-state index in [4.69, 9.17) is 0 Å². The molecule has 1 saturated heterocycles. The van der Waals surface area contributed by atoms with Crippen LogP contribution in [0.2, 0.25) is 0 Å². The van der Waals surface area contributed by atoms with Crippen LogP contribution in [-0.4, -0.2) is 49.8 Å². The fraction of sp³-hybridized carbons (Fsp3) is 0.619. The summed E-state index contributed by atoms with van der Waals surface area (Å²) in [6, 6.07) is 7.74. The van der Waals surface area contributed by atoms with Gasteiger partial charge in [0.25, 0.3) is 0 Å². The van der Waals surface area contributed by atoms with E-state index in [1.165, 1.54) is 0 Å². The smallest absolute Gasteiger partial charge is 0.224 e. The summed E-state index contributed by atoms with van der Waals surface area (Å²) in [5.41, 5.74) is 1.79. The van der Waals surface area contributed by atoms with E-state index < -0.39 is 0 Å². The van der Waals surface area contributed by atoms with E-state index in [2.05, 4.69) is 18.8 Å². The third kappa shape index (κ3) is 4.68. The molecule has 2 N–H and O–H groups in total. The number of carbonyl (C=O) groups excluding carboxylic acids is 1. The maximum atomic E-state index is 12.7. The van der Waals surface area contributed by atoms with Gasteiger partial charge in [0.05, 0.1) is 17.1 Å². The van der Waals surface area contributed by atoms with Crippen molar-refractivity contribution in [2.45, 2.75) is 58.8 Å². The first kappa shape index (κ1) is 19.8. The standard InChI is InChI=1S/C21H31N3O3/c1-15(2)13-19(26)16-7-10-23(11-8-16)21(27)9-12-24-18-6-4-3-5-17(18)22-20(24)14-25/h3-6,15-16,19,25-26H,7-14H2,1-2H3/t19-/m1/s1. The molecule has 1 atom stereocenters. The van der Waals surface area contributed by atoms with Gasteiger partial charge in [0.1, 0.15) is 12.4 Å². The Bertz CT molecular complexity index is 763. The number of aliphatic hydroxyl groups excluding tert-OH is 2. The van der Waals surface area contributed by atoms with E-state index in [1.54, 1.807) is 0 Å². The zero-order valence-electron chi connectivity index (χ0n) is 16.3. The Kier molecular flexibility index (Phi) is 6.50. The van der Waals surface area contributed by atoms with Gasteiger partial charge in [0.15, 0.2) is 0 Å². The highest BCUT2D eigenvalue weighted by Crippen LogP contribution is 2.25. The molecule has 2 aromatic rings. The number of piperidine rings is 1. The maximum absolute atomic E-state index is 12.7. The van der Waals surface area contributed by atoms with E-state index in [-0.39, 0.29) is 18.6 Å². The van der Waals surface area contributed by atoms with Gasteiger partial charge in [0, 0.05) is 26.1 Å². The van der Waals surface area contributed by atoms with Crippen LogP contribution < -0.4 is 0 Å². The lowest BCUT2D eigenvalue weighted by molar-refractivity contribution is -0.133. The number of likely N-dealkylation sites (tertiary alicyclic amines) is 1. The first-order valence-corrected chi connectivity index (χ1v) is 10.0. The lowest BCUT2D eigenvalue weighted by Gasteiger charge is -2.35. The summed E-state index contributed by atoms with van der Waals surface area (Å²) in [7, 11) is 0. The predicted molar refractivity (Wildman–Crippen MR) is 105 cm³/mol. The number of amides is 1. The molecule has 1 amide bonds. The maximum Gasteiger partial charge on any atom is 0.224 e. The van der Waals surface area contributed by atoms with Crippen LogP contribution >= 0.6 is 0 Å². The van der Waals surface area contributed by atoms with E-state index in [1.807, 2.05) is 33.7 Å². The predicted octanol–water partition coefficient (Wildman–Crippen LogP) is 2.56. The fourth-order valence-corrected chi connectivity index (χ4v) is 4.07. The highest BCUT2D eigenvalue weighted by Gasteiger charge is 2.27. The molecule has 1 aliphatic rings. The number of aliphatic hydroxyl groups is 2. The first-order chi connectivity index (χ1) is 13.0. The van der Waals surface area contributed by atoms with Gasteiger partial charge >= 0.3 is 0 Å². The topological polar surface area (TPSA) is 78.6 Å². The lowest BCUT2D eigenvalue weighted by atomic mass is 9.87. The van der Waals surface area contributed by atoms with Crippen molar-refractivity contribution >= 4 is 16.9 Å². The van der Waals surface area contributed by atoms with Crippen LogP contribution in [0.3, 0.4) is 0 Å². The summed E-state index contributed by atoms with van der Waals surface area (Å²) in [6.07, 6.45) is 2.71. The highest BCUT2D eigenvalue weighted by molar-refractivity contribution is 5.78. The second kappa shape index (κ2) is 8.85. The van der Waals surface area contributed by atoms with Crippen LogP contribution in [0.4, 0.5) is 0 Å². The Labute approximate surface area is 160 Å². The number of para-hydroxylation sites is 2. The summed E-state index contributed by atoms with van der Waals surface area (Å²) < 4.78 is 1.94. The minimum absolute atomic E-state index is 0.133. The average Bonchev–Trinajstić information content (AvgIpc) is 3.03. The Morgan fingerprint density at radius 1 is 1.26 bits per heavy atom. The molecule has 6 heteroatoms. The van der Waals surface area contributed by atoms with Crippen LogP contribution in [0.25, 0.3) is 11.0 Å². The minimum Gasteiger partial charge on any atom is -0.393 e. The number of hydrogen-bond acceptors (Lipinski definition) is 4. The number of aryl methyl sites for hydroxylation is 1. The van der Waals surface area contributed by atoms with Crippen LogP contribution in [-0.2, 0) is 17.9 Å². The van der Waals surface area contributed by atoms with E-state index in [0.717, 1.165) is 43.4 Å². The summed E-state index contributed by atoms with van der Waals surface area (Å²) in [6.45, 7) is 6.07. The number of rotatable bonds is 7. The molecular formula is C21H31N3O3. The van der Waals surface area contributed by atoms with Gasteiger partial charge in [-0.3, -0.25) is 4.79 Å². The van der Waals surface area contributed by atoms with Gasteiger partial charge in [-0.2, -0.15) is 0 Å². The zero-order valence-corrected chi connectivity index (χ0v) is 16.3.